The van der Waals surface area contributed by atoms with Crippen LogP contribution in [0, 0.1) is 0 Å². The highest BCUT2D eigenvalue weighted by Gasteiger charge is 2.19. The largest absolute Gasteiger partial charge is 0.462 e. The molecule has 6 nitrogen and oxygen atoms in total. The predicted octanol–water partition coefficient (Wildman–Crippen LogP) is 22.9. The van der Waals surface area contributed by atoms with Crippen LogP contribution in [-0.4, -0.2) is 37.2 Å². The Kier molecular flexibility index (Phi) is 63.4. The minimum absolute atomic E-state index is 0.114. The quantitative estimate of drug-likeness (QED) is 0.0261. The molecule has 0 aliphatic rings. The molecule has 0 saturated heterocycles. The van der Waals surface area contributed by atoms with Crippen LogP contribution >= 0.6 is 0 Å². The summed E-state index contributed by atoms with van der Waals surface area (Å²) in [6, 6.07) is 0. The second kappa shape index (κ2) is 67.5. The molecule has 0 aromatic rings. The average molecular weight is 1120 g/mol. The first kappa shape index (κ1) is 76.0. The molecule has 0 aliphatic carbocycles. The van der Waals surface area contributed by atoms with E-state index in [-0.39, 0.29) is 37.5 Å². The average Bonchev–Trinajstić information content (AvgIpc) is 3.46. The number of hydrogen-bond donors (Lipinski definition) is 0. The molecule has 1 atom stereocenters. The number of rotatable bonds is 58. The van der Waals surface area contributed by atoms with Crippen molar-refractivity contribution in [1.29, 1.82) is 0 Å². The highest BCUT2D eigenvalue weighted by Crippen LogP contribution is 2.15. The minimum atomic E-state index is -0.822. The van der Waals surface area contributed by atoms with E-state index < -0.39 is 6.10 Å². The van der Waals surface area contributed by atoms with Crippen LogP contribution in [0.1, 0.15) is 278 Å². The van der Waals surface area contributed by atoms with Gasteiger partial charge in [-0.15, -0.1) is 0 Å². The second-order valence-electron chi connectivity index (χ2n) is 21.3. The van der Waals surface area contributed by atoms with E-state index in [4.69, 9.17) is 14.2 Å². The maximum atomic E-state index is 12.9. The van der Waals surface area contributed by atoms with E-state index in [0.717, 1.165) is 128 Å². The maximum Gasteiger partial charge on any atom is 0.306 e. The van der Waals surface area contributed by atoms with Gasteiger partial charge in [0.2, 0.25) is 0 Å². The molecule has 0 aromatic heterocycles. The molecule has 6 heteroatoms. The number of unbranched alkanes of at least 4 members (excludes halogenated alkanes) is 21. The van der Waals surface area contributed by atoms with Crippen molar-refractivity contribution < 1.29 is 28.6 Å². The van der Waals surface area contributed by atoms with Gasteiger partial charge < -0.3 is 14.2 Å². The third-order valence-electron chi connectivity index (χ3n) is 13.5. The lowest BCUT2D eigenvalue weighted by molar-refractivity contribution is -0.166. The fourth-order valence-corrected chi connectivity index (χ4v) is 8.64. The number of esters is 3. The summed E-state index contributed by atoms with van der Waals surface area (Å²) < 4.78 is 16.8. The van der Waals surface area contributed by atoms with Crippen molar-refractivity contribution in [3.05, 3.63) is 158 Å². The molecule has 0 spiro atoms. The van der Waals surface area contributed by atoms with Crippen LogP contribution in [0.2, 0.25) is 0 Å². The summed E-state index contributed by atoms with van der Waals surface area (Å²) in [5.74, 6) is -1.01. The lowest BCUT2D eigenvalue weighted by Crippen LogP contribution is -2.30. The number of hydrogen-bond acceptors (Lipinski definition) is 6. The molecule has 0 bridgehead atoms. The van der Waals surface area contributed by atoms with Crippen LogP contribution in [0.5, 0.6) is 0 Å². The second-order valence-corrected chi connectivity index (χ2v) is 21.3. The SMILES string of the molecule is CC/C=C\C/C=C\C/C=C\C/C=C\C/C=C\C/C=C\C/C=C\C/C=C\CCCCCCCCC(=O)OCC(COC(=O)CC/C=C\C/C=C\C/C=C\C/C=C\CC)OC(=O)CCCCCCCCCCC/C=C\CCCCCCCC. The molecule has 0 aromatic carbocycles. The monoisotopic (exact) mass is 1120 g/mol. The van der Waals surface area contributed by atoms with Crippen molar-refractivity contribution in [2.45, 2.75) is 284 Å². The van der Waals surface area contributed by atoms with Crippen molar-refractivity contribution in [2.24, 2.45) is 0 Å². The van der Waals surface area contributed by atoms with Crippen LogP contribution in [0.3, 0.4) is 0 Å². The van der Waals surface area contributed by atoms with Crippen LogP contribution in [0.4, 0.5) is 0 Å². The lowest BCUT2D eigenvalue weighted by Gasteiger charge is -2.18. The molecule has 0 rings (SSSR count). The fourth-order valence-electron chi connectivity index (χ4n) is 8.64. The molecular weight excluding hydrogens is 997 g/mol. The highest BCUT2D eigenvalue weighted by atomic mass is 16.6. The van der Waals surface area contributed by atoms with Gasteiger partial charge in [-0.05, 0) is 135 Å². The standard InChI is InChI=1S/C75H120O6/c1-4-7-10-13-16-19-22-25-27-29-31-32-33-34-35-36-37-38-39-40-41-42-44-45-47-50-53-56-59-62-65-68-74(77)80-71-72(70-79-73(76)67-64-61-58-55-52-49-24-21-18-15-12-9-6-3)81-75(78)69-66-63-60-57-54-51-48-46-43-30-28-26-23-20-17-14-11-8-5-2/h7,9-10,12,16,18-19,21,25-28,31-32,34-35,37-38,40-41,44-45,49,52,58,61,72H,4-6,8,11,13-15,17,20,22-24,29-30,33,36,39,42-43,46-48,50-51,53-57,59-60,62-71H2,1-3H3/b10-7-,12-9-,19-16-,21-18-,27-25-,28-26-,32-31-,35-34-,38-37-,41-40-,45-44-,52-49-,61-58-. The summed E-state index contributed by atoms with van der Waals surface area (Å²) in [4.78, 5) is 38.3. The van der Waals surface area contributed by atoms with Gasteiger partial charge in [-0.3, -0.25) is 14.4 Å². The van der Waals surface area contributed by atoms with Gasteiger partial charge in [0.05, 0.1) is 0 Å². The van der Waals surface area contributed by atoms with E-state index in [2.05, 4.69) is 173 Å². The summed E-state index contributed by atoms with van der Waals surface area (Å²) in [6.07, 6.45) is 98.4. The van der Waals surface area contributed by atoms with E-state index >= 15 is 0 Å². The third kappa shape index (κ3) is 65.7. The summed E-state index contributed by atoms with van der Waals surface area (Å²) in [5, 5.41) is 0. The van der Waals surface area contributed by atoms with E-state index in [1.165, 1.54) is 103 Å². The van der Waals surface area contributed by atoms with Crippen molar-refractivity contribution in [3.8, 4) is 0 Å². The lowest BCUT2D eigenvalue weighted by atomic mass is 10.1. The van der Waals surface area contributed by atoms with Gasteiger partial charge in [0, 0.05) is 19.3 Å². The van der Waals surface area contributed by atoms with Crippen LogP contribution in [-0.2, 0) is 28.6 Å². The summed E-state index contributed by atoms with van der Waals surface area (Å²) in [5.41, 5.74) is 0. The zero-order valence-electron chi connectivity index (χ0n) is 52.2. The smallest absolute Gasteiger partial charge is 0.306 e. The van der Waals surface area contributed by atoms with Gasteiger partial charge in [0.25, 0.3) is 0 Å². The Morgan fingerprint density at radius 2 is 0.506 bits per heavy atom. The first-order chi connectivity index (χ1) is 40.0. The van der Waals surface area contributed by atoms with Crippen LogP contribution < -0.4 is 0 Å². The van der Waals surface area contributed by atoms with Crippen molar-refractivity contribution >= 4 is 17.9 Å². The molecule has 81 heavy (non-hydrogen) atoms. The third-order valence-corrected chi connectivity index (χ3v) is 13.5. The van der Waals surface area contributed by atoms with Gasteiger partial charge >= 0.3 is 17.9 Å². The Morgan fingerprint density at radius 1 is 0.259 bits per heavy atom. The Morgan fingerprint density at radius 3 is 0.840 bits per heavy atom. The molecule has 0 aliphatic heterocycles. The highest BCUT2D eigenvalue weighted by molar-refractivity contribution is 5.71. The van der Waals surface area contributed by atoms with Crippen LogP contribution in [0.25, 0.3) is 0 Å². The van der Waals surface area contributed by atoms with Crippen molar-refractivity contribution in [1.82, 2.24) is 0 Å². The van der Waals surface area contributed by atoms with Crippen molar-refractivity contribution in [2.75, 3.05) is 13.2 Å². The van der Waals surface area contributed by atoms with Crippen molar-refractivity contribution in [3.63, 3.8) is 0 Å². The molecule has 0 heterocycles. The Balaban J connectivity index is 4.39. The van der Waals surface area contributed by atoms with Gasteiger partial charge in [0.1, 0.15) is 13.2 Å². The number of carbonyl (C=O) groups excluding carboxylic acids is 3. The molecule has 0 amide bonds. The minimum Gasteiger partial charge on any atom is -0.462 e. The summed E-state index contributed by atoms with van der Waals surface area (Å²) >= 11 is 0. The molecule has 0 radical (unpaired) electrons. The first-order valence-electron chi connectivity index (χ1n) is 33.0. The molecule has 0 fully saturated rings. The van der Waals surface area contributed by atoms with Gasteiger partial charge in [-0.2, -0.15) is 0 Å². The van der Waals surface area contributed by atoms with Gasteiger partial charge in [-0.1, -0.05) is 281 Å². The summed E-state index contributed by atoms with van der Waals surface area (Å²) in [6.45, 7) is 6.33. The fraction of sp³-hybridized carbons (Fsp3) is 0.613. The normalized spacial score (nSPS) is 13.2. The molecule has 0 N–H and O–H groups in total. The molecule has 456 valence electrons. The molecule has 0 saturated carbocycles. The Bertz CT molecular complexity index is 1810. The van der Waals surface area contributed by atoms with E-state index in [9.17, 15) is 14.4 Å². The van der Waals surface area contributed by atoms with E-state index in [0.29, 0.717) is 19.3 Å². The Labute approximate surface area is 499 Å². The van der Waals surface area contributed by atoms with E-state index in [1.807, 2.05) is 6.08 Å². The summed E-state index contributed by atoms with van der Waals surface area (Å²) in [7, 11) is 0. The van der Waals surface area contributed by atoms with Crippen LogP contribution in [0.15, 0.2) is 158 Å². The maximum absolute atomic E-state index is 12.9. The van der Waals surface area contributed by atoms with Gasteiger partial charge in [-0.25, -0.2) is 0 Å². The zero-order chi connectivity index (χ0) is 58.5. The van der Waals surface area contributed by atoms with Gasteiger partial charge in [0.15, 0.2) is 6.10 Å². The van der Waals surface area contributed by atoms with E-state index in [1.54, 1.807) is 0 Å². The number of ether oxygens (including phenoxy) is 3. The molecular formula is C75H120O6. The predicted molar refractivity (Wildman–Crippen MR) is 352 cm³/mol. The Hall–Kier alpha value is -4.97. The first-order valence-corrected chi connectivity index (χ1v) is 33.0. The number of allylic oxidation sites excluding steroid dienone is 26. The molecule has 1 unspecified atom stereocenters. The topological polar surface area (TPSA) is 78.9 Å². The number of carbonyl (C=O) groups is 3. The zero-order valence-corrected chi connectivity index (χ0v) is 52.2.